The number of benzene rings is 1. The smallest absolute Gasteiger partial charge is 0.490 e. The Labute approximate surface area is 166 Å². The summed E-state index contributed by atoms with van der Waals surface area (Å²) >= 11 is 0. The number of halogens is 3. The second kappa shape index (κ2) is 7.96. The molecule has 2 heterocycles. The Bertz CT molecular complexity index is 926. The zero-order valence-electron chi connectivity index (χ0n) is 16.5. The maximum atomic E-state index is 10.6. The van der Waals surface area contributed by atoms with Crippen LogP contribution in [0.2, 0.25) is 0 Å². The van der Waals surface area contributed by atoms with Gasteiger partial charge in [0.25, 0.3) is 0 Å². The van der Waals surface area contributed by atoms with E-state index in [1.807, 2.05) is 6.07 Å². The van der Waals surface area contributed by atoms with E-state index in [9.17, 15) is 13.2 Å². The molecule has 0 unspecified atom stereocenters. The number of aryl methyl sites for hydroxylation is 1. The number of pyridine rings is 1. The third-order valence-electron chi connectivity index (χ3n) is 5.13. The number of anilines is 1. The van der Waals surface area contributed by atoms with Gasteiger partial charge in [-0.1, -0.05) is 0 Å². The molecule has 1 N–H and O–H groups in total. The van der Waals surface area contributed by atoms with Crippen molar-refractivity contribution in [2.75, 3.05) is 32.2 Å². The van der Waals surface area contributed by atoms with Gasteiger partial charge in [-0.05, 0) is 43.7 Å². The molecule has 4 rings (SSSR count). The van der Waals surface area contributed by atoms with Gasteiger partial charge in [0, 0.05) is 30.2 Å². The molecule has 9 heteroatoms. The van der Waals surface area contributed by atoms with E-state index >= 15 is 0 Å². The highest BCUT2D eigenvalue weighted by molar-refractivity contribution is 5.99. The molecule has 1 aliphatic heterocycles. The maximum absolute atomic E-state index is 10.6. The Hall–Kier alpha value is -2.71. The summed E-state index contributed by atoms with van der Waals surface area (Å²) in [4.78, 5) is 16.3. The highest BCUT2D eigenvalue weighted by Gasteiger charge is 2.38. The van der Waals surface area contributed by atoms with Gasteiger partial charge in [0.2, 0.25) is 0 Å². The summed E-state index contributed by atoms with van der Waals surface area (Å²) in [7, 11) is 3.39. The van der Waals surface area contributed by atoms with Gasteiger partial charge >= 0.3 is 12.1 Å². The second-order valence-electron chi connectivity index (χ2n) is 7.19. The molecule has 0 bridgehead atoms. The van der Waals surface area contributed by atoms with Crippen LogP contribution in [-0.4, -0.2) is 49.5 Å². The number of carboxylic acids is 1. The summed E-state index contributed by atoms with van der Waals surface area (Å²) in [5, 5.41) is 8.29. The van der Waals surface area contributed by atoms with Crippen molar-refractivity contribution < 1.29 is 32.5 Å². The molecule has 0 saturated heterocycles. The highest BCUT2D eigenvalue weighted by Crippen LogP contribution is 2.43. The highest BCUT2D eigenvalue weighted by atomic mass is 19.4. The molecule has 0 spiro atoms. The predicted molar refractivity (Wildman–Crippen MR) is 102 cm³/mol. The van der Waals surface area contributed by atoms with Crippen LogP contribution in [0.5, 0.6) is 11.5 Å². The quantitative estimate of drug-likeness (QED) is 0.820. The first-order valence-electron chi connectivity index (χ1n) is 9.26. The molecule has 1 saturated carbocycles. The molecule has 1 fully saturated rings. The first kappa shape index (κ1) is 21.0. The topological polar surface area (TPSA) is 71.9 Å². The van der Waals surface area contributed by atoms with Crippen LogP contribution in [0.3, 0.4) is 0 Å². The summed E-state index contributed by atoms with van der Waals surface area (Å²) in [6.07, 6.45) is -1.24. The minimum atomic E-state index is -5.08. The van der Waals surface area contributed by atoms with E-state index in [-0.39, 0.29) is 0 Å². The summed E-state index contributed by atoms with van der Waals surface area (Å²) in [5.74, 6) is -0.261. The van der Waals surface area contributed by atoms with Crippen LogP contribution in [0.15, 0.2) is 12.1 Å². The molecule has 158 valence electrons. The molecule has 1 aromatic carbocycles. The number of alkyl halides is 3. The first-order valence-corrected chi connectivity index (χ1v) is 9.26. The van der Waals surface area contributed by atoms with Gasteiger partial charge in [0.15, 0.2) is 0 Å². The SMILES string of the molecule is COc1cc(OC)c2nc(C)c3c(c2c1)N(CC1CC1)CC3.O=C(O)C(F)(F)F. The lowest BCUT2D eigenvalue weighted by Gasteiger charge is -2.22. The fourth-order valence-corrected chi connectivity index (χ4v) is 3.53. The van der Waals surface area contributed by atoms with Crippen molar-refractivity contribution in [1.29, 1.82) is 0 Å². The lowest BCUT2D eigenvalue weighted by atomic mass is 10.1. The maximum Gasteiger partial charge on any atom is 0.490 e. The van der Waals surface area contributed by atoms with Crippen LogP contribution < -0.4 is 14.4 Å². The molecule has 0 amide bonds. The van der Waals surface area contributed by atoms with Crippen LogP contribution in [0, 0.1) is 12.8 Å². The fraction of sp³-hybridized carbons (Fsp3) is 0.500. The number of hydrogen-bond acceptors (Lipinski definition) is 5. The van der Waals surface area contributed by atoms with Crippen molar-refractivity contribution in [3.8, 4) is 11.5 Å². The van der Waals surface area contributed by atoms with Crippen LogP contribution in [-0.2, 0) is 11.2 Å². The molecule has 2 aliphatic rings. The Morgan fingerprint density at radius 3 is 2.45 bits per heavy atom. The number of fused-ring (bicyclic) bond motifs is 3. The molecule has 1 aromatic heterocycles. The number of aliphatic carboxylic acids is 1. The van der Waals surface area contributed by atoms with Gasteiger partial charge in [-0.3, -0.25) is 0 Å². The van der Waals surface area contributed by atoms with E-state index < -0.39 is 12.1 Å². The summed E-state index contributed by atoms with van der Waals surface area (Å²) in [6, 6.07) is 4.02. The lowest BCUT2D eigenvalue weighted by molar-refractivity contribution is -0.192. The monoisotopic (exact) mass is 412 g/mol. The summed E-state index contributed by atoms with van der Waals surface area (Å²) in [6.45, 7) is 4.39. The molecular weight excluding hydrogens is 389 g/mol. The minimum Gasteiger partial charge on any atom is -0.497 e. The van der Waals surface area contributed by atoms with E-state index in [1.165, 1.54) is 30.6 Å². The Kier molecular flexibility index (Phi) is 5.77. The molecule has 0 radical (unpaired) electrons. The van der Waals surface area contributed by atoms with E-state index in [0.717, 1.165) is 47.0 Å². The number of methoxy groups -OCH3 is 2. The zero-order chi connectivity index (χ0) is 21.3. The third-order valence-corrected chi connectivity index (χ3v) is 5.13. The van der Waals surface area contributed by atoms with Gasteiger partial charge < -0.3 is 19.5 Å². The van der Waals surface area contributed by atoms with Crippen molar-refractivity contribution in [2.24, 2.45) is 5.92 Å². The first-order chi connectivity index (χ1) is 13.7. The average Bonchev–Trinajstić information content (AvgIpc) is 3.38. The van der Waals surface area contributed by atoms with E-state index in [2.05, 4.69) is 17.9 Å². The van der Waals surface area contributed by atoms with Crippen molar-refractivity contribution >= 4 is 22.6 Å². The van der Waals surface area contributed by atoms with Gasteiger partial charge in [-0.2, -0.15) is 13.2 Å². The van der Waals surface area contributed by atoms with Crippen LogP contribution in [0.1, 0.15) is 24.1 Å². The molecule has 2 aromatic rings. The van der Waals surface area contributed by atoms with Crippen molar-refractivity contribution in [3.05, 3.63) is 23.4 Å². The van der Waals surface area contributed by atoms with E-state index in [1.54, 1.807) is 14.2 Å². The Morgan fingerprint density at radius 2 is 1.93 bits per heavy atom. The van der Waals surface area contributed by atoms with Gasteiger partial charge in [0.05, 0.1) is 19.9 Å². The van der Waals surface area contributed by atoms with Crippen molar-refractivity contribution in [1.82, 2.24) is 4.98 Å². The van der Waals surface area contributed by atoms with Crippen LogP contribution in [0.25, 0.3) is 10.9 Å². The molecule has 6 nitrogen and oxygen atoms in total. The number of hydrogen-bond donors (Lipinski definition) is 1. The zero-order valence-corrected chi connectivity index (χ0v) is 16.5. The van der Waals surface area contributed by atoms with Gasteiger partial charge in [-0.25, -0.2) is 9.78 Å². The van der Waals surface area contributed by atoms with Crippen molar-refractivity contribution in [2.45, 2.75) is 32.4 Å². The van der Waals surface area contributed by atoms with Crippen LogP contribution >= 0.6 is 0 Å². The number of nitrogens with zero attached hydrogens (tertiary/aromatic N) is 2. The number of rotatable bonds is 4. The number of carboxylic acid groups (broad SMARTS) is 1. The van der Waals surface area contributed by atoms with Crippen LogP contribution in [0.4, 0.5) is 18.9 Å². The molecule has 29 heavy (non-hydrogen) atoms. The summed E-state index contributed by atoms with van der Waals surface area (Å²) in [5.41, 5.74) is 4.82. The molecule has 0 atom stereocenters. The third kappa shape index (κ3) is 4.49. The van der Waals surface area contributed by atoms with Crippen molar-refractivity contribution in [3.63, 3.8) is 0 Å². The number of ether oxygens (including phenoxy) is 2. The Morgan fingerprint density at radius 1 is 1.28 bits per heavy atom. The average molecular weight is 412 g/mol. The largest absolute Gasteiger partial charge is 0.497 e. The minimum absolute atomic E-state index is 0.790. The van der Waals surface area contributed by atoms with E-state index in [0.29, 0.717) is 0 Å². The normalized spacial score (nSPS) is 15.6. The predicted octanol–water partition coefficient (Wildman–Crippen LogP) is 3.97. The number of carbonyl (C=O) groups is 1. The molecule has 1 aliphatic carbocycles. The fourth-order valence-electron chi connectivity index (χ4n) is 3.53. The standard InChI is InChI=1S/C18H22N2O2.C2HF3O2/c1-11-14-6-7-20(10-12-4-5-12)18(14)15-8-13(21-2)9-16(22-3)17(15)19-11;3-2(4,5)1(6)7/h8-9,12H,4-7,10H2,1-3H3;(H,6,7). The number of aromatic nitrogens is 1. The molecular formula is C20H23F3N2O4. The van der Waals surface area contributed by atoms with E-state index in [4.69, 9.17) is 24.4 Å². The summed E-state index contributed by atoms with van der Waals surface area (Å²) < 4.78 is 42.7. The van der Waals surface area contributed by atoms with Gasteiger partial charge in [-0.15, -0.1) is 0 Å². The Balaban J connectivity index is 0.000000298. The van der Waals surface area contributed by atoms with Gasteiger partial charge in [0.1, 0.15) is 17.0 Å². The second-order valence-corrected chi connectivity index (χ2v) is 7.19. The lowest BCUT2D eigenvalue weighted by Crippen LogP contribution is -2.23.